The third-order valence-electron chi connectivity index (χ3n) is 4.69. The summed E-state index contributed by atoms with van der Waals surface area (Å²) in [6, 6.07) is 26.3. The summed E-state index contributed by atoms with van der Waals surface area (Å²) in [5, 5.41) is 11.3. The third-order valence-corrected chi connectivity index (χ3v) is 4.69. The van der Waals surface area contributed by atoms with Crippen LogP contribution >= 0.6 is 0 Å². The van der Waals surface area contributed by atoms with Crippen molar-refractivity contribution in [1.82, 2.24) is 0 Å². The van der Waals surface area contributed by atoms with Crippen LogP contribution in [-0.4, -0.2) is 30.1 Å². The van der Waals surface area contributed by atoms with E-state index >= 15 is 0 Å². The summed E-state index contributed by atoms with van der Waals surface area (Å²) in [6.45, 7) is 1.81. The second kappa shape index (κ2) is 9.17. The Kier molecular flexibility index (Phi) is 6.42. The van der Waals surface area contributed by atoms with Crippen LogP contribution in [0.1, 0.15) is 18.1 Å². The summed E-state index contributed by atoms with van der Waals surface area (Å²) in [5.74, 6) is -1.26. The van der Waals surface area contributed by atoms with Crippen molar-refractivity contribution in [3.8, 4) is 0 Å². The van der Waals surface area contributed by atoms with Crippen molar-refractivity contribution >= 4 is 17.6 Å². The van der Waals surface area contributed by atoms with Gasteiger partial charge in [0.25, 0.3) is 5.91 Å². The largest absolute Gasteiger partial charge is 0.453 e. The van der Waals surface area contributed by atoms with Crippen molar-refractivity contribution in [2.24, 2.45) is 0 Å². The molecule has 0 bridgehead atoms. The lowest BCUT2D eigenvalue weighted by atomic mass is 9.86. The molecule has 3 aromatic carbocycles. The summed E-state index contributed by atoms with van der Waals surface area (Å²) in [4.78, 5) is 27.1. The van der Waals surface area contributed by atoms with E-state index in [1.807, 2.05) is 37.3 Å². The van der Waals surface area contributed by atoms with Crippen LogP contribution in [0.25, 0.3) is 0 Å². The number of rotatable bonds is 7. The van der Waals surface area contributed by atoms with E-state index in [2.05, 4.69) is 0 Å². The fourth-order valence-corrected chi connectivity index (χ4v) is 3.18. The molecule has 0 atom stereocenters. The summed E-state index contributed by atoms with van der Waals surface area (Å²) >= 11 is 0. The molecule has 0 saturated heterocycles. The van der Waals surface area contributed by atoms with Gasteiger partial charge < -0.3 is 14.7 Å². The maximum atomic E-state index is 13.0. The first-order valence-corrected chi connectivity index (χ1v) is 9.43. The number of carbonyl (C=O) groups excluding carboxylic acids is 2. The van der Waals surface area contributed by atoms with Crippen LogP contribution in [-0.2, 0) is 19.9 Å². The number of carbonyl (C=O) groups is 2. The van der Waals surface area contributed by atoms with Crippen molar-refractivity contribution in [1.29, 1.82) is 0 Å². The molecule has 0 aliphatic carbocycles. The van der Waals surface area contributed by atoms with Crippen LogP contribution in [0.15, 0.2) is 91.0 Å². The quantitative estimate of drug-likeness (QED) is 0.628. The summed E-state index contributed by atoms with van der Waals surface area (Å²) in [5.41, 5.74) is -0.539. The van der Waals surface area contributed by atoms with E-state index in [-0.39, 0.29) is 5.91 Å². The molecule has 0 aliphatic heterocycles. The minimum absolute atomic E-state index is 0.365. The van der Waals surface area contributed by atoms with Crippen LogP contribution in [0.2, 0.25) is 0 Å². The Hall–Kier alpha value is -3.44. The molecule has 3 aromatic rings. The Morgan fingerprint density at radius 2 is 1.28 bits per heavy atom. The second-order valence-corrected chi connectivity index (χ2v) is 6.49. The number of hydrogen-bond acceptors (Lipinski definition) is 4. The Morgan fingerprint density at radius 1 is 0.828 bits per heavy atom. The lowest BCUT2D eigenvalue weighted by molar-refractivity contribution is -0.164. The number of benzene rings is 3. The van der Waals surface area contributed by atoms with Crippen LogP contribution < -0.4 is 4.90 Å². The van der Waals surface area contributed by atoms with Crippen LogP contribution in [0, 0.1) is 0 Å². The average Bonchev–Trinajstić information content (AvgIpc) is 2.79. The summed E-state index contributed by atoms with van der Waals surface area (Å²) in [6.07, 6.45) is 0. The zero-order chi connectivity index (χ0) is 20.7. The number of ether oxygens (including phenoxy) is 1. The maximum Gasteiger partial charge on any atom is 0.348 e. The molecule has 1 amide bonds. The molecule has 5 nitrogen and oxygen atoms in total. The Balaban J connectivity index is 1.82. The molecule has 0 radical (unpaired) electrons. The molecule has 148 valence electrons. The predicted molar refractivity (Wildman–Crippen MR) is 111 cm³/mol. The standard InChI is InChI=1S/C24H23NO4/c1-2-25(21-16-10-5-11-17-21)22(26)18-29-23(27)24(28,19-12-6-3-7-13-19)20-14-8-4-9-15-20/h3-17,28H,2,18H2,1H3. The molecule has 0 saturated carbocycles. The maximum absolute atomic E-state index is 13.0. The van der Waals surface area contributed by atoms with Gasteiger partial charge in [0.05, 0.1) is 0 Å². The highest BCUT2D eigenvalue weighted by Gasteiger charge is 2.42. The molecule has 0 aliphatic rings. The fraction of sp³-hybridized carbons (Fsp3) is 0.167. The molecule has 0 heterocycles. The average molecular weight is 389 g/mol. The number of hydrogen-bond donors (Lipinski definition) is 1. The van der Waals surface area contributed by atoms with Gasteiger partial charge in [-0.2, -0.15) is 0 Å². The number of esters is 1. The zero-order valence-electron chi connectivity index (χ0n) is 16.2. The molecule has 5 heteroatoms. The molecule has 0 spiro atoms. The van der Waals surface area contributed by atoms with E-state index in [0.29, 0.717) is 17.7 Å². The molecular formula is C24H23NO4. The molecule has 1 N–H and O–H groups in total. The summed E-state index contributed by atoms with van der Waals surface area (Å²) < 4.78 is 5.30. The lowest BCUT2D eigenvalue weighted by Gasteiger charge is -2.27. The van der Waals surface area contributed by atoms with Crippen molar-refractivity contribution < 1.29 is 19.4 Å². The molecule has 0 unspecified atom stereocenters. The topological polar surface area (TPSA) is 66.8 Å². The fourth-order valence-electron chi connectivity index (χ4n) is 3.18. The van der Waals surface area contributed by atoms with Gasteiger partial charge in [-0.1, -0.05) is 78.9 Å². The number of likely N-dealkylation sites (N-methyl/N-ethyl adjacent to an activating group) is 1. The normalized spacial score (nSPS) is 11.0. The number of amides is 1. The number of aliphatic hydroxyl groups is 1. The first kappa shape index (κ1) is 20.3. The van der Waals surface area contributed by atoms with E-state index in [1.165, 1.54) is 4.90 Å². The van der Waals surface area contributed by atoms with E-state index in [0.717, 1.165) is 5.69 Å². The van der Waals surface area contributed by atoms with Crippen molar-refractivity contribution in [2.45, 2.75) is 12.5 Å². The Labute approximate surface area is 170 Å². The Bertz CT molecular complexity index is 903. The van der Waals surface area contributed by atoms with Crippen molar-refractivity contribution in [3.05, 3.63) is 102 Å². The molecular weight excluding hydrogens is 366 g/mol. The van der Waals surface area contributed by atoms with Gasteiger partial charge in [-0.25, -0.2) is 4.79 Å². The highest BCUT2D eigenvalue weighted by atomic mass is 16.6. The van der Waals surface area contributed by atoms with Gasteiger partial charge in [0.2, 0.25) is 5.60 Å². The van der Waals surface area contributed by atoms with Crippen LogP contribution in [0.5, 0.6) is 0 Å². The number of para-hydroxylation sites is 1. The first-order valence-electron chi connectivity index (χ1n) is 9.43. The monoisotopic (exact) mass is 389 g/mol. The van der Waals surface area contributed by atoms with Crippen molar-refractivity contribution in [2.75, 3.05) is 18.1 Å². The zero-order valence-corrected chi connectivity index (χ0v) is 16.2. The molecule has 3 rings (SSSR count). The van der Waals surface area contributed by atoms with Crippen molar-refractivity contribution in [3.63, 3.8) is 0 Å². The van der Waals surface area contributed by atoms with Gasteiger partial charge in [0.15, 0.2) is 6.61 Å². The highest BCUT2D eigenvalue weighted by Crippen LogP contribution is 2.31. The highest BCUT2D eigenvalue weighted by molar-refractivity contribution is 5.96. The van der Waals surface area contributed by atoms with E-state index in [9.17, 15) is 14.7 Å². The van der Waals surface area contributed by atoms with Gasteiger partial charge in [0, 0.05) is 12.2 Å². The third kappa shape index (κ3) is 4.36. The van der Waals surface area contributed by atoms with Crippen LogP contribution in [0.4, 0.5) is 5.69 Å². The minimum Gasteiger partial charge on any atom is -0.453 e. The molecule has 0 aromatic heterocycles. The second-order valence-electron chi connectivity index (χ2n) is 6.49. The van der Waals surface area contributed by atoms with Crippen LogP contribution in [0.3, 0.4) is 0 Å². The predicted octanol–water partition coefficient (Wildman–Crippen LogP) is 3.52. The lowest BCUT2D eigenvalue weighted by Crippen LogP contribution is -2.41. The van der Waals surface area contributed by atoms with E-state index in [1.54, 1.807) is 60.7 Å². The first-order chi connectivity index (χ1) is 14.1. The van der Waals surface area contributed by atoms with Gasteiger partial charge in [-0.05, 0) is 30.2 Å². The van der Waals surface area contributed by atoms with Gasteiger partial charge in [-0.15, -0.1) is 0 Å². The van der Waals surface area contributed by atoms with E-state index < -0.39 is 18.2 Å². The molecule has 29 heavy (non-hydrogen) atoms. The minimum atomic E-state index is -2.01. The smallest absolute Gasteiger partial charge is 0.348 e. The van der Waals surface area contributed by atoms with E-state index in [4.69, 9.17) is 4.74 Å². The SMILES string of the molecule is CCN(C(=O)COC(=O)C(O)(c1ccccc1)c1ccccc1)c1ccccc1. The van der Waals surface area contributed by atoms with Gasteiger partial charge in [0.1, 0.15) is 0 Å². The Morgan fingerprint density at radius 3 is 1.72 bits per heavy atom. The number of nitrogens with zero attached hydrogens (tertiary/aromatic N) is 1. The van der Waals surface area contributed by atoms with Gasteiger partial charge in [-0.3, -0.25) is 4.79 Å². The molecule has 0 fully saturated rings. The van der Waals surface area contributed by atoms with Gasteiger partial charge >= 0.3 is 5.97 Å². The summed E-state index contributed by atoms with van der Waals surface area (Å²) in [7, 11) is 0. The number of anilines is 1.